The van der Waals surface area contributed by atoms with E-state index in [2.05, 4.69) is 25.7 Å². The largest absolute Gasteiger partial charge is 0.326 e. The van der Waals surface area contributed by atoms with Gasteiger partial charge in [-0.2, -0.15) is 0 Å². The molecular weight excluding hydrogens is 715 g/mol. The lowest BCUT2D eigenvalue weighted by atomic mass is 9.87. The average Bonchev–Trinajstić information content (AvgIpc) is 3.16. The van der Waals surface area contributed by atoms with Crippen molar-refractivity contribution in [3.8, 4) is 0 Å². The van der Waals surface area contributed by atoms with Crippen LogP contribution in [0.1, 0.15) is 89.4 Å². The number of rotatable bonds is 11. The lowest BCUT2D eigenvalue weighted by molar-refractivity contribution is -0.124. The summed E-state index contributed by atoms with van der Waals surface area (Å²) in [7, 11) is 3.51. The standard InChI is InChI=1S/C29H39ClN2O2.C16H17ClN2O/c1-21-20-24(28(34)31(5)26-11-9-25(30)10-12-26)7-6-22(21)8-13-27(33)23-14-17-32(18-15-23)19-16-29(2,3)4;1-11-9-12(3-4-13(11)10-18)16(20)19(2)15-7-5-14(17)6-8-15/h6-7,9-12,20,23H,8,13-19H2,1-5H3;3-9H,10,18H2,1-2H3. The highest BCUT2D eigenvalue weighted by atomic mass is 35.5. The lowest BCUT2D eigenvalue weighted by Crippen LogP contribution is -2.38. The highest BCUT2D eigenvalue weighted by Crippen LogP contribution is 2.26. The minimum atomic E-state index is -0.0636. The maximum atomic E-state index is 12.9. The van der Waals surface area contributed by atoms with E-state index < -0.39 is 0 Å². The molecule has 54 heavy (non-hydrogen) atoms. The number of benzene rings is 4. The number of likely N-dealkylation sites (tertiary alicyclic amines) is 1. The van der Waals surface area contributed by atoms with E-state index in [4.69, 9.17) is 28.9 Å². The Morgan fingerprint density at radius 2 is 1.17 bits per heavy atom. The molecule has 0 aliphatic carbocycles. The molecule has 1 aliphatic rings. The summed E-state index contributed by atoms with van der Waals surface area (Å²) < 4.78 is 0. The van der Waals surface area contributed by atoms with Crippen LogP contribution >= 0.6 is 23.2 Å². The molecule has 9 heteroatoms. The molecule has 5 rings (SSSR count). The van der Waals surface area contributed by atoms with Crippen molar-refractivity contribution in [3.63, 3.8) is 0 Å². The van der Waals surface area contributed by atoms with Crippen molar-refractivity contribution < 1.29 is 14.4 Å². The van der Waals surface area contributed by atoms with Gasteiger partial charge in [0.25, 0.3) is 11.8 Å². The van der Waals surface area contributed by atoms with E-state index in [1.54, 1.807) is 48.2 Å². The van der Waals surface area contributed by atoms with Gasteiger partial charge in [0.05, 0.1) is 0 Å². The first-order valence-electron chi connectivity index (χ1n) is 18.8. The van der Waals surface area contributed by atoms with Crippen LogP contribution in [0.2, 0.25) is 10.0 Å². The second kappa shape index (κ2) is 19.5. The molecule has 0 bridgehead atoms. The summed E-state index contributed by atoms with van der Waals surface area (Å²) in [5.74, 6) is 0.461. The molecule has 1 fully saturated rings. The molecule has 0 spiro atoms. The number of hydrogen-bond acceptors (Lipinski definition) is 5. The van der Waals surface area contributed by atoms with Crippen molar-refractivity contribution in [3.05, 3.63) is 128 Å². The number of carbonyl (C=O) groups is 3. The zero-order valence-corrected chi connectivity index (χ0v) is 34.4. The van der Waals surface area contributed by atoms with Crippen molar-refractivity contribution in [2.75, 3.05) is 43.5 Å². The Kier molecular flexibility index (Phi) is 15.5. The van der Waals surface area contributed by atoms with Crippen molar-refractivity contribution in [2.24, 2.45) is 17.1 Å². The van der Waals surface area contributed by atoms with E-state index >= 15 is 0 Å². The van der Waals surface area contributed by atoms with E-state index in [1.165, 1.54) is 6.42 Å². The summed E-state index contributed by atoms with van der Waals surface area (Å²) in [5.41, 5.74) is 13.2. The predicted octanol–water partition coefficient (Wildman–Crippen LogP) is 9.96. The molecule has 0 aromatic heterocycles. The number of nitrogens with zero attached hydrogens (tertiary/aromatic N) is 3. The zero-order chi connectivity index (χ0) is 39.6. The zero-order valence-electron chi connectivity index (χ0n) is 32.9. The van der Waals surface area contributed by atoms with Crippen LogP contribution in [0.25, 0.3) is 0 Å². The summed E-state index contributed by atoms with van der Waals surface area (Å²) in [6.07, 6.45) is 4.46. The first kappa shape index (κ1) is 42.7. The molecule has 7 nitrogen and oxygen atoms in total. The van der Waals surface area contributed by atoms with Gasteiger partial charge in [0.15, 0.2) is 0 Å². The molecular formula is C45H56Cl2N4O3. The van der Waals surface area contributed by atoms with Crippen LogP contribution in [0.5, 0.6) is 0 Å². The molecule has 0 atom stereocenters. The number of hydrogen-bond donors (Lipinski definition) is 1. The molecule has 4 aromatic rings. The molecule has 0 radical (unpaired) electrons. The van der Waals surface area contributed by atoms with E-state index in [9.17, 15) is 14.4 Å². The second-order valence-corrected chi connectivity index (χ2v) is 16.4. The summed E-state index contributed by atoms with van der Waals surface area (Å²) in [6, 6.07) is 25.8. The number of ketones is 1. The van der Waals surface area contributed by atoms with E-state index in [1.807, 2.05) is 74.5 Å². The third-order valence-corrected chi connectivity index (χ3v) is 10.8. The lowest BCUT2D eigenvalue weighted by Gasteiger charge is -2.33. The SMILES string of the molecule is Cc1cc(C(=O)N(C)c2ccc(Cl)cc2)ccc1CCC(=O)C1CCN(CCC(C)(C)C)CC1.Cc1cc(C(=O)N(C)c2ccc(Cl)cc2)ccc1CN. The van der Waals surface area contributed by atoms with Crippen molar-refractivity contribution in [1.82, 2.24) is 4.90 Å². The Hall–Kier alpha value is -4.01. The average molecular weight is 772 g/mol. The van der Waals surface area contributed by atoms with Gasteiger partial charge >= 0.3 is 0 Å². The topological polar surface area (TPSA) is 87.0 Å². The first-order chi connectivity index (χ1) is 25.6. The summed E-state index contributed by atoms with van der Waals surface area (Å²) in [6.45, 7) is 14.5. The third-order valence-electron chi connectivity index (χ3n) is 10.3. The fraction of sp³-hybridized carbons (Fsp3) is 0.400. The fourth-order valence-electron chi connectivity index (χ4n) is 6.55. The Labute approximate surface area is 332 Å². The number of anilines is 2. The van der Waals surface area contributed by atoms with Gasteiger partial charge in [-0.05, 0) is 160 Å². The Morgan fingerprint density at radius 3 is 1.57 bits per heavy atom. The van der Waals surface area contributed by atoms with Crippen LogP contribution < -0.4 is 15.5 Å². The summed E-state index contributed by atoms with van der Waals surface area (Å²) >= 11 is 11.8. The van der Waals surface area contributed by atoms with Gasteiger partial charge in [-0.15, -0.1) is 0 Å². The van der Waals surface area contributed by atoms with Crippen LogP contribution in [-0.2, 0) is 17.8 Å². The second-order valence-electron chi connectivity index (χ2n) is 15.6. The summed E-state index contributed by atoms with van der Waals surface area (Å²) in [4.78, 5) is 44.0. The maximum Gasteiger partial charge on any atom is 0.258 e. The van der Waals surface area contributed by atoms with E-state index in [0.717, 1.165) is 72.5 Å². The number of amides is 2. The van der Waals surface area contributed by atoms with Gasteiger partial charge < -0.3 is 20.4 Å². The molecule has 0 saturated carbocycles. The maximum absolute atomic E-state index is 12.9. The number of halogens is 2. The number of piperidine rings is 1. The highest BCUT2D eigenvalue weighted by molar-refractivity contribution is 6.31. The van der Waals surface area contributed by atoms with Crippen LogP contribution in [-0.4, -0.2) is 56.2 Å². The number of Topliss-reactive ketones (excluding diaryl/α,β-unsaturated/α-hetero) is 1. The molecule has 4 aromatic carbocycles. The Morgan fingerprint density at radius 1 is 0.722 bits per heavy atom. The van der Waals surface area contributed by atoms with Gasteiger partial charge in [-0.25, -0.2) is 0 Å². The number of aryl methyl sites for hydroxylation is 3. The van der Waals surface area contributed by atoms with Crippen molar-refractivity contribution >= 4 is 52.2 Å². The van der Waals surface area contributed by atoms with Crippen molar-refractivity contribution in [2.45, 2.75) is 73.3 Å². The minimum absolute atomic E-state index is 0.0565. The molecule has 1 aliphatic heterocycles. The normalized spacial score (nSPS) is 13.5. The molecule has 0 unspecified atom stereocenters. The third kappa shape index (κ3) is 12.3. The monoisotopic (exact) mass is 770 g/mol. The quantitative estimate of drug-likeness (QED) is 0.164. The smallest absolute Gasteiger partial charge is 0.258 e. The van der Waals surface area contributed by atoms with Gasteiger partial charge in [0.1, 0.15) is 5.78 Å². The van der Waals surface area contributed by atoms with E-state index in [0.29, 0.717) is 45.3 Å². The van der Waals surface area contributed by atoms with Gasteiger partial charge in [-0.3, -0.25) is 14.4 Å². The number of nitrogens with two attached hydrogens (primary N) is 1. The van der Waals surface area contributed by atoms with Crippen LogP contribution in [0.15, 0.2) is 84.9 Å². The fourth-order valence-corrected chi connectivity index (χ4v) is 6.80. The molecule has 1 saturated heterocycles. The predicted molar refractivity (Wildman–Crippen MR) is 225 cm³/mol. The van der Waals surface area contributed by atoms with Gasteiger partial charge in [0, 0.05) is 65.5 Å². The van der Waals surface area contributed by atoms with E-state index in [-0.39, 0.29) is 17.7 Å². The Bertz CT molecular complexity index is 1880. The van der Waals surface area contributed by atoms with Gasteiger partial charge in [-0.1, -0.05) is 56.1 Å². The molecule has 2 amide bonds. The highest BCUT2D eigenvalue weighted by Gasteiger charge is 2.25. The number of carbonyl (C=O) groups excluding carboxylic acids is 3. The molecule has 288 valence electrons. The summed E-state index contributed by atoms with van der Waals surface area (Å²) in [5, 5.41) is 1.29. The molecule has 2 N–H and O–H groups in total. The van der Waals surface area contributed by atoms with Crippen LogP contribution in [0.4, 0.5) is 11.4 Å². The van der Waals surface area contributed by atoms with Gasteiger partial charge in [0.2, 0.25) is 0 Å². The molecule has 1 heterocycles. The van der Waals surface area contributed by atoms with Crippen molar-refractivity contribution in [1.29, 1.82) is 0 Å². The Balaban J connectivity index is 0.000000276. The van der Waals surface area contributed by atoms with Crippen LogP contribution in [0, 0.1) is 25.2 Å². The van der Waals surface area contributed by atoms with Crippen LogP contribution in [0.3, 0.4) is 0 Å². The minimum Gasteiger partial charge on any atom is -0.326 e. The first-order valence-corrected chi connectivity index (χ1v) is 19.5.